The third-order valence-corrected chi connectivity index (χ3v) is 3.34. The Bertz CT molecular complexity index is 795. The highest BCUT2D eigenvalue weighted by molar-refractivity contribution is 6.30. The van der Waals surface area contributed by atoms with Gasteiger partial charge in [0.2, 0.25) is 0 Å². The van der Waals surface area contributed by atoms with E-state index in [2.05, 4.69) is 15.5 Å². The number of hydrogen-bond acceptors (Lipinski definition) is 3. The molecule has 0 atom stereocenters. The van der Waals surface area contributed by atoms with Crippen LogP contribution in [0.1, 0.15) is 10.5 Å². The minimum Gasteiger partial charge on any atom is -0.508 e. The van der Waals surface area contributed by atoms with Gasteiger partial charge in [-0.3, -0.25) is 9.89 Å². The van der Waals surface area contributed by atoms with Crippen LogP contribution in [0.25, 0.3) is 11.3 Å². The number of rotatable bonds is 3. The number of carbonyl (C=O) groups is 1. The summed E-state index contributed by atoms with van der Waals surface area (Å²) in [4.78, 5) is 12.1. The number of phenolic OH excluding ortho intramolecular Hbond substituents is 1. The number of amides is 1. The summed E-state index contributed by atoms with van der Waals surface area (Å²) in [5.74, 6) is -0.111. The number of halogens is 1. The fourth-order valence-electron chi connectivity index (χ4n) is 1.95. The lowest BCUT2D eigenvalue weighted by Gasteiger charge is -2.02. The van der Waals surface area contributed by atoms with Gasteiger partial charge in [-0.2, -0.15) is 5.10 Å². The van der Waals surface area contributed by atoms with Crippen molar-refractivity contribution in [1.29, 1.82) is 0 Å². The van der Waals surface area contributed by atoms with Crippen LogP contribution in [-0.4, -0.2) is 21.2 Å². The predicted molar refractivity (Wildman–Crippen MR) is 85.1 cm³/mol. The molecule has 0 unspecified atom stereocenters. The highest BCUT2D eigenvalue weighted by Gasteiger charge is 2.11. The summed E-state index contributed by atoms with van der Waals surface area (Å²) in [6.07, 6.45) is 0. The Balaban J connectivity index is 1.76. The van der Waals surface area contributed by atoms with Crippen LogP contribution >= 0.6 is 11.6 Å². The van der Waals surface area contributed by atoms with Gasteiger partial charge in [0, 0.05) is 16.3 Å². The molecule has 6 heteroatoms. The number of nitrogens with zero attached hydrogens (tertiary/aromatic N) is 1. The first-order chi connectivity index (χ1) is 10.6. The Morgan fingerprint density at radius 3 is 2.45 bits per heavy atom. The van der Waals surface area contributed by atoms with Crippen molar-refractivity contribution >= 4 is 23.2 Å². The van der Waals surface area contributed by atoms with Crippen molar-refractivity contribution in [2.45, 2.75) is 0 Å². The lowest BCUT2D eigenvalue weighted by molar-refractivity contribution is 0.102. The van der Waals surface area contributed by atoms with E-state index in [9.17, 15) is 9.90 Å². The van der Waals surface area contributed by atoms with E-state index < -0.39 is 0 Å². The third kappa shape index (κ3) is 3.10. The molecule has 0 aliphatic carbocycles. The molecule has 110 valence electrons. The first-order valence-electron chi connectivity index (χ1n) is 6.53. The largest absolute Gasteiger partial charge is 0.508 e. The third-order valence-electron chi connectivity index (χ3n) is 3.09. The molecular formula is C16H12ClN3O2. The monoisotopic (exact) mass is 313 g/mol. The predicted octanol–water partition coefficient (Wildman–Crippen LogP) is 3.69. The maximum Gasteiger partial charge on any atom is 0.273 e. The summed E-state index contributed by atoms with van der Waals surface area (Å²) in [5.41, 5.74) is 2.43. The van der Waals surface area contributed by atoms with Crippen LogP contribution in [-0.2, 0) is 0 Å². The van der Waals surface area contributed by atoms with E-state index in [1.165, 1.54) is 0 Å². The normalized spacial score (nSPS) is 10.4. The Hall–Kier alpha value is -2.79. The van der Waals surface area contributed by atoms with Crippen LogP contribution in [0.15, 0.2) is 54.6 Å². The number of hydrogen-bond donors (Lipinski definition) is 3. The molecule has 2 aromatic carbocycles. The SMILES string of the molecule is O=C(Nc1ccc(Cl)cc1)c1cc(-c2ccc(O)cc2)n[nH]1. The van der Waals surface area contributed by atoms with Crippen LogP contribution in [0.5, 0.6) is 5.75 Å². The molecule has 0 fully saturated rings. The zero-order valence-electron chi connectivity index (χ0n) is 11.4. The number of phenols is 1. The molecule has 3 aromatic rings. The van der Waals surface area contributed by atoms with Gasteiger partial charge >= 0.3 is 0 Å². The van der Waals surface area contributed by atoms with E-state index in [1.54, 1.807) is 54.6 Å². The fraction of sp³-hybridized carbons (Fsp3) is 0. The van der Waals surface area contributed by atoms with Crippen LogP contribution < -0.4 is 5.32 Å². The Morgan fingerprint density at radius 2 is 1.77 bits per heavy atom. The molecule has 0 radical (unpaired) electrons. The molecule has 3 N–H and O–H groups in total. The first kappa shape index (κ1) is 14.2. The Kier molecular flexibility index (Phi) is 3.80. The quantitative estimate of drug-likeness (QED) is 0.690. The molecule has 0 aliphatic heterocycles. The lowest BCUT2D eigenvalue weighted by Crippen LogP contribution is -2.12. The van der Waals surface area contributed by atoms with Crippen LogP contribution in [0.2, 0.25) is 5.02 Å². The minimum absolute atomic E-state index is 0.181. The van der Waals surface area contributed by atoms with Crippen LogP contribution in [0, 0.1) is 0 Å². The van der Waals surface area contributed by atoms with E-state index >= 15 is 0 Å². The van der Waals surface area contributed by atoms with Crippen molar-refractivity contribution in [3.63, 3.8) is 0 Å². The number of aromatic nitrogens is 2. The highest BCUT2D eigenvalue weighted by Crippen LogP contribution is 2.21. The standard InChI is InChI=1S/C16H12ClN3O2/c17-11-3-5-12(6-4-11)18-16(22)15-9-14(19-20-15)10-1-7-13(21)8-2-10/h1-9,21H,(H,18,22)(H,19,20). The van der Waals surface area contributed by atoms with Gasteiger partial charge < -0.3 is 10.4 Å². The van der Waals surface area contributed by atoms with Gasteiger partial charge in [-0.25, -0.2) is 0 Å². The van der Waals surface area contributed by atoms with E-state index in [1.807, 2.05) is 0 Å². The van der Waals surface area contributed by atoms with E-state index in [-0.39, 0.29) is 11.7 Å². The minimum atomic E-state index is -0.292. The number of aromatic amines is 1. The van der Waals surface area contributed by atoms with Crippen molar-refractivity contribution in [1.82, 2.24) is 10.2 Å². The van der Waals surface area contributed by atoms with Crippen molar-refractivity contribution in [2.24, 2.45) is 0 Å². The summed E-state index contributed by atoms with van der Waals surface area (Å²) in [6.45, 7) is 0. The molecule has 1 amide bonds. The summed E-state index contributed by atoms with van der Waals surface area (Å²) in [7, 11) is 0. The van der Waals surface area contributed by atoms with Gasteiger partial charge in [0.05, 0.1) is 5.69 Å². The van der Waals surface area contributed by atoms with Crippen molar-refractivity contribution in [3.8, 4) is 17.0 Å². The van der Waals surface area contributed by atoms with Gasteiger partial charge in [0.15, 0.2) is 0 Å². The Morgan fingerprint density at radius 1 is 1.09 bits per heavy atom. The number of anilines is 1. The van der Waals surface area contributed by atoms with Gasteiger partial charge in [0.1, 0.15) is 11.4 Å². The summed E-state index contributed by atoms with van der Waals surface area (Å²) in [6, 6.07) is 15.1. The topological polar surface area (TPSA) is 78.0 Å². The van der Waals surface area contributed by atoms with E-state index in [4.69, 9.17) is 11.6 Å². The number of carbonyl (C=O) groups excluding carboxylic acids is 1. The first-order valence-corrected chi connectivity index (χ1v) is 6.91. The lowest BCUT2D eigenvalue weighted by atomic mass is 10.1. The summed E-state index contributed by atoms with van der Waals surface area (Å²) >= 11 is 5.80. The molecule has 0 aliphatic rings. The van der Waals surface area contributed by atoms with Gasteiger partial charge in [-0.05, 0) is 54.6 Å². The fourth-order valence-corrected chi connectivity index (χ4v) is 2.08. The molecule has 0 spiro atoms. The van der Waals surface area contributed by atoms with E-state index in [0.29, 0.717) is 22.1 Å². The van der Waals surface area contributed by atoms with Crippen molar-refractivity contribution < 1.29 is 9.90 Å². The van der Waals surface area contributed by atoms with Gasteiger partial charge in [-0.15, -0.1) is 0 Å². The van der Waals surface area contributed by atoms with Gasteiger partial charge in [-0.1, -0.05) is 11.6 Å². The molecule has 1 heterocycles. The van der Waals surface area contributed by atoms with E-state index in [0.717, 1.165) is 5.56 Å². The zero-order chi connectivity index (χ0) is 15.5. The number of nitrogens with one attached hydrogen (secondary N) is 2. The molecule has 0 saturated carbocycles. The smallest absolute Gasteiger partial charge is 0.273 e. The molecular weight excluding hydrogens is 302 g/mol. The van der Waals surface area contributed by atoms with Crippen molar-refractivity contribution in [2.75, 3.05) is 5.32 Å². The zero-order valence-corrected chi connectivity index (χ0v) is 12.1. The average Bonchev–Trinajstić information content (AvgIpc) is 3.00. The highest BCUT2D eigenvalue weighted by atomic mass is 35.5. The van der Waals surface area contributed by atoms with Crippen molar-refractivity contribution in [3.05, 3.63) is 65.3 Å². The molecule has 0 bridgehead atoms. The summed E-state index contributed by atoms with van der Waals surface area (Å²) in [5, 5.41) is 19.4. The average molecular weight is 314 g/mol. The molecule has 1 aromatic heterocycles. The second-order valence-electron chi connectivity index (χ2n) is 4.67. The Labute approximate surface area is 131 Å². The molecule has 5 nitrogen and oxygen atoms in total. The molecule has 22 heavy (non-hydrogen) atoms. The second kappa shape index (κ2) is 5.91. The maximum atomic E-state index is 12.1. The maximum absolute atomic E-state index is 12.1. The number of benzene rings is 2. The second-order valence-corrected chi connectivity index (χ2v) is 5.11. The molecule has 0 saturated heterocycles. The van der Waals surface area contributed by atoms with Crippen LogP contribution in [0.3, 0.4) is 0 Å². The van der Waals surface area contributed by atoms with Gasteiger partial charge in [0.25, 0.3) is 5.91 Å². The number of H-pyrrole nitrogens is 1. The summed E-state index contributed by atoms with van der Waals surface area (Å²) < 4.78 is 0. The number of aromatic hydroxyl groups is 1. The van der Waals surface area contributed by atoms with Crippen LogP contribution in [0.4, 0.5) is 5.69 Å². The molecule has 3 rings (SSSR count).